The predicted molar refractivity (Wildman–Crippen MR) is 91.9 cm³/mol. The second-order valence-electron chi connectivity index (χ2n) is 5.95. The molecule has 0 saturated carbocycles. The first kappa shape index (κ1) is 16.1. The maximum atomic E-state index is 12.1. The number of benzene rings is 1. The van der Waals surface area contributed by atoms with Crippen LogP contribution in [0.15, 0.2) is 23.0 Å². The summed E-state index contributed by atoms with van der Waals surface area (Å²) in [4.78, 5) is 26.1. The van der Waals surface area contributed by atoms with Crippen molar-refractivity contribution < 1.29 is 15.0 Å². The lowest BCUT2D eigenvalue weighted by atomic mass is 9.89. The van der Waals surface area contributed by atoms with Gasteiger partial charge in [-0.3, -0.25) is 4.79 Å². The van der Waals surface area contributed by atoms with Gasteiger partial charge in [0.2, 0.25) is 0 Å². The Morgan fingerprint density at radius 1 is 1.29 bits per heavy atom. The van der Waals surface area contributed by atoms with Crippen LogP contribution in [0, 0.1) is 0 Å². The molecule has 0 amide bonds. The maximum Gasteiger partial charge on any atom is 0.345 e. The number of anilines is 1. The van der Waals surface area contributed by atoms with Crippen LogP contribution in [0.2, 0.25) is 0 Å². The number of carboxylic acid groups (broad SMARTS) is 1. The quantitative estimate of drug-likeness (QED) is 0.694. The SMILES string of the molecule is CCNc1ccc2c(c1)CCCCc1c-2[nH]c(=O)c(C(=O)O)c1O. The standard InChI is InChI=1S/C18H20N2O4/c1-2-19-11-7-8-12-10(9-11)5-3-4-6-13-15(12)20-17(22)14(16(13)21)18(23)24/h7-9,19H,2-6H2,1H3,(H,23,24)(H2,20,21,22). The van der Waals surface area contributed by atoms with Crippen LogP contribution in [0.25, 0.3) is 11.3 Å². The van der Waals surface area contributed by atoms with Gasteiger partial charge in [0.15, 0.2) is 5.56 Å². The largest absolute Gasteiger partial charge is 0.506 e. The molecule has 6 nitrogen and oxygen atoms in total. The van der Waals surface area contributed by atoms with Crippen LogP contribution < -0.4 is 10.9 Å². The number of fused-ring (bicyclic) bond motifs is 3. The third-order valence-electron chi connectivity index (χ3n) is 4.38. The average molecular weight is 328 g/mol. The lowest BCUT2D eigenvalue weighted by Gasteiger charge is -2.20. The van der Waals surface area contributed by atoms with Gasteiger partial charge in [-0.1, -0.05) is 6.07 Å². The van der Waals surface area contributed by atoms with Crippen LogP contribution in [0.3, 0.4) is 0 Å². The molecule has 0 radical (unpaired) electrons. The highest BCUT2D eigenvalue weighted by molar-refractivity contribution is 5.92. The molecule has 0 unspecified atom stereocenters. The van der Waals surface area contributed by atoms with Gasteiger partial charge in [0.05, 0.1) is 5.69 Å². The van der Waals surface area contributed by atoms with E-state index < -0.39 is 22.8 Å². The number of nitrogens with one attached hydrogen (secondary N) is 2. The van der Waals surface area contributed by atoms with Crippen LogP contribution in [-0.2, 0) is 12.8 Å². The molecule has 126 valence electrons. The molecule has 1 aromatic heterocycles. The molecule has 0 aliphatic heterocycles. The van der Waals surface area contributed by atoms with Crippen molar-refractivity contribution in [1.29, 1.82) is 0 Å². The molecule has 3 rings (SSSR count). The number of H-pyrrole nitrogens is 1. The van der Waals surface area contributed by atoms with E-state index in [9.17, 15) is 19.8 Å². The third-order valence-corrected chi connectivity index (χ3v) is 4.38. The second kappa shape index (κ2) is 6.39. The summed E-state index contributed by atoms with van der Waals surface area (Å²) in [7, 11) is 0. The molecular formula is C18H20N2O4. The van der Waals surface area contributed by atoms with Crippen molar-refractivity contribution in [2.24, 2.45) is 0 Å². The number of aromatic nitrogens is 1. The fraction of sp³-hybridized carbons (Fsp3) is 0.333. The first-order valence-corrected chi connectivity index (χ1v) is 8.11. The number of hydrogen-bond donors (Lipinski definition) is 4. The number of hydrogen-bond acceptors (Lipinski definition) is 4. The van der Waals surface area contributed by atoms with Crippen molar-refractivity contribution in [1.82, 2.24) is 4.98 Å². The van der Waals surface area contributed by atoms with Gasteiger partial charge in [0.1, 0.15) is 5.75 Å². The van der Waals surface area contributed by atoms with Crippen molar-refractivity contribution in [2.45, 2.75) is 32.6 Å². The Labute approximate surface area is 139 Å². The van der Waals surface area contributed by atoms with Crippen LogP contribution >= 0.6 is 0 Å². The van der Waals surface area contributed by atoms with E-state index in [1.165, 1.54) is 0 Å². The summed E-state index contributed by atoms with van der Waals surface area (Å²) in [6.07, 6.45) is 3.16. The number of aromatic hydroxyl groups is 1. The number of aryl methyl sites for hydroxylation is 1. The molecule has 0 spiro atoms. The Balaban J connectivity index is 2.24. The van der Waals surface area contributed by atoms with E-state index in [0.29, 0.717) is 17.7 Å². The van der Waals surface area contributed by atoms with Crippen molar-refractivity contribution in [3.05, 3.63) is 45.2 Å². The van der Waals surface area contributed by atoms with Gasteiger partial charge >= 0.3 is 5.97 Å². The highest BCUT2D eigenvalue weighted by atomic mass is 16.4. The number of aromatic carboxylic acids is 1. The highest BCUT2D eigenvalue weighted by Crippen LogP contribution is 2.36. The minimum atomic E-state index is -1.42. The van der Waals surface area contributed by atoms with E-state index in [-0.39, 0.29) is 0 Å². The molecule has 1 aliphatic carbocycles. The zero-order chi connectivity index (χ0) is 17.3. The number of carboxylic acids is 1. The Morgan fingerprint density at radius 2 is 2.04 bits per heavy atom. The van der Waals surface area contributed by atoms with E-state index in [1.807, 2.05) is 19.1 Å². The lowest BCUT2D eigenvalue weighted by molar-refractivity contribution is 0.0691. The fourth-order valence-electron chi connectivity index (χ4n) is 3.28. The first-order valence-electron chi connectivity index (χ1n) is 8.11. The molecule has 1 aliphatic rings. The van der Waals surface area contributed by atoms with Crippen molar-refractivity contribution in [3.63, 3.8) is 0 Å². The second-order valence-corrected chi connectivity index (χ2v) is 5.95. The summed E-state index contributed by atoms with van der Waals surface area (Å²) in [5.41, 5.74) is 2.60. The van der Waals surface area contributed by atoms with Crippen molar-refractivity contribution >= 4 is 11.7 Å². The molecule has 0 atom stereocenters. The van der Waals surface area contributed by atoms with Gasteiger partial charge < -0.3 is 20.5 Å². The molecule has 4 N–H and O–H groups in total. The van der Waals surface area contributed by atoms with Gasteiger partial charge in [0.25, 0.3) is 5.56 Å². The first-order chi connectivity index (χ1) is 11.5. The van der Waals surface area contributed by atoms with Crippen LogP contribution in [0.5, 0.6) is 5.75 Å². The number of aromatic amines is 1. The smallest absolute Gasteiger partial charge is 0.345 e. The molecule has 1 heterocycles. The zero-order valence-electron chi connectivity index (χ0n) is 13.5. The van der Waals surface area contributed by atoms with Gasteiger partial charge in [-0.25, -0.2) is 4.79 Å². The molecule has 24 heavy (non-hydrogen) atoms. The zero-order valence-corrected chi connectivity index (χ0v) is 13.5. The van der Waals surface area contributed by atoms with E-state index in [1.54, 1.807) is 0 Å². The van der Waals surface area contributed by atoms with E-state index in [4.69, 9.17) is 0 Å². The Hall–Kier alpha value is -2.76. The minimum Gasteiger partial charge on any atom is -0.506 e. The average Bonchev–Trinajstić information content (AvgIpc) is 2.51. The number of carbonyl (C=O) groups is 1. The summed E-state index contributed by atoms with van der Waals surface area (Å²) < 4.78 is 0. The van der Waals surface area contributed by atoms with Crippen molar-refractivity contribution in [2.75, 3.05) is 11.9 Å². The van der Waals surface area contributed by atoms with Crippen LogP contribution in [0.4, 0.5) is 5.69 Å². The van der Waals surface area contributed by atoms with Gasteiger partial charge in [-0.15, -0.1) is 0 Å². The monoisotopic (exact) mass is 328 g/mol. The van der Waals surface area contributed by atoms with Crippen molar-refractivity contribution in [3.8, 4) is 17.0 Å². The minimum absolute atomic E-state index is 0.412. The molecule has 0 fully saturated rings. The van der Waals surface area contributed by atoms with Gasteiger partial charge in [0, 0.05) is 23.4 Å². The summed E-state index contributed by atoms with van der Waals surface area (Å²) in [6, 6.07) is 5.88. The Morgan fingerprint density at radius 3 is 2.75 bits per heavy atom. The molecule has 2 aromatic rings. The van der Waals surface area contributed by atoms with Gasteiger partial charge in [-0.2, -0.15) is 0 Å². The maximum absolute atomic E-state index is 12.1. The summed E-state index contributed by atoms with van der Waals surface area (Å²) >= 11 is 0. The molecule has 0 bridgehead atoms. The number of rotatable bonds is 3. The predicted octanol–water partition coefficient (Wildman–Crippen LogP) is 2.76. The molecule has 6 heteroatoms. The Kier molecular flexibility index (Phi) is 4.29. The summed E-state index contributed by atoms with van der Waals surface area (Å²) in [6.45, 7) is 2.84. The normalized spacial score (nSPS) is 13.4. The Bertz CT molecular complexity index is 855. The summed E-state index contributed by atoms with van der Waals surface area (Å²) in [5.74, 6) is -1.83. The lowest BCUT2D eigenvalue weighted by Crippen LogP contribution is -2.21. The van der Waals surface area contributed by atoms with E-state index in [2.05, 4.69) is 16.4 Å². The van der Waals surface area contributed by atoms with E-state index >= 15 is 0 Å². The molecular weight excluding hydrogens is 308 g/mol. The third kappa shape index (κ3) is 2.75. The van der Waals surface area contributed by atoms with Crippen LogP contribution in [-0.4, -0.2) is 27.7 Å². The van der Waals surface area contributed by atoms with E-state index in [0.717, 1.165) is 42.6 Å². The molecule has 1 aromatic carbocycles. The van der Waals surface area contributed by atoms with Gasteiger partial charge in [-0.05, 0) is 50.3 Å². The number of pyridine rings is 1. The highest BCUT2D eigenvalue weighted by Gasteiger charge is 2.24. The molecule has 0 saturated heterocycles. The fourth-order valence-corrected chi connectivity index (χ4v) is 3.28. The topological polar surface area (TPSA) is 102 Å². The summed E-state index contributed by atoms with van der Waals surface area (Å²) in [5, 5.41) is 22.8. The van der Waals surface area contributed by atoms with Crippen LogP contribution in [0.1, 0.15) is 41.3 Å².